The number of hydrogen-bond donors (Lipinski definition) is 2. The van der Waals surface area contributed by atoms with Crippen LogP contribution in [0.3, 0.4) is 0 Å². The van der Waals surface area contributed by atoms with Crippen LogP contribution in [0.4, 0.5) is 0 Å². The minimum atomic E-state index is -0.336. The molecule has 1 amide bonds. The minimum Gasteiger partial charge on any atom is -0.352 e. The molecule has 3 heteroatoms. The van der Waals surface area contributed by atoms with E-state index in [1.807, 2.05) is 6.92 Å². The molecule has 0 bridgehead atoms. The fourth-order valence-electron chi connectivity index (χ4n) is 2.06. The van der Waals surface area contributed by atoms with E-state index in [2.05, 4.69) is 12.2 Å². The van der Waals surface area contributed by atoms with Gasteiger partial charge in [-0.3, -0.25) is 4.79 Å². The predicted octanol–water partition coefficient (Wildman–Crippen LogP) is 1.81. The van der Waals surface area contributed by atoms with Crippen LogP contribution in [0.25, 0.3) is 0 Å². The molecule has 0 heterocycles. The Kier molecular flexibility index (Phi) is 5.09. The SMILES string of the molecule is CCC(C)C(N)C(=O)NC1CCCCC1. The smallest absolute Gasteiger partial charge is 0.237 e. The van der Waals surface area contributed by atoms with Crippen molar-refractivity contribution in [3.05, 3.63) is 0 Å². The van der Waals surface area contributed by atoms with Crippen LogP contribution in [0.2, 0.25) is 0 Å². The number of nitrogens with two attached hydrogens (primary N) is 1. The Morgan fingerprint density at radius 1 is 1.40 bits per heavy atom. The Morgan fingerprint density at radius 3 is 2.53 bits per heavy atom. The lowest BCUT2D eigenvalue weighted by Gasteiger charge is -2.26. The van der Waals surface area contributed by atoms with Crippen LogP contribution in [-0.4, -0.2) is 18.0 Å². The Morgan fingerprint density at radius 2 is 2.00 bits per heavy atom. The van der Waals surface area contributed by atoms with Crippen LogP contribution in [0.5, 0.6) is 0 Å². The van der Waals surface area contributed by atoms with Crippen LogP contribution in [0, 0.1) is 5.92 Å². The van der Waals surface area contributed by atoms with E-state index in [1.165, 1.54) is 19.3 Å². The maximum atomic E-state index is 11.8. The van der Waals surface area contributed by atoms with Gasteiger partial charge in [0.25, 0.3) is 0 Å². The first-order chi connectivity index (χ1) is 7.15. The van der Waals surface area contributed by atoms with Gasteiger partial charge in [-0.05, 0) is 18.8 Å². The molecule has 1 aliphatic carbocycles. The fraction of sp³-hybridized carbons (Fsp3) is 0.917. The summed E-state index contributed by atoms with van der Waals surface area (Å²) in [6, 6.07) is 0.0401. The van der Waals surface area contributed by atoms with E-state index in [0.717, 1.165) is 19.3 Å². The van der Waals surface area contributed by atoms with Crippen LogP contribution >= 0.6 is 0 Å². The Balaban J connectivity index is 2.33. The van der Waals surface area contributed by atoms with E-state index < -0.39 is 0 Å². The fourth-order valence-corrected chi connectivity index (χ4v) is 2.06. The molecule has 2 atom stereocenters. The van der Waals surface area contributed by atoms with Crippen LogP contribution in [0.1, 0.15) is 52.4 Å². The largest absolute Gasteiger partial charge is 0.352 e. The van der Waals surface area contributed by atoms with Crippen molar-refractivity contribution in [1.29, 1.82) is 0 Å². The first-order valence-corrected chi connectivity index (χ1v) is 6.21. The normalized spacial score (nSPS) is 22.1. The monoisotopic (exact) mass is 212 g/mol. The lowest BCUT2D eigenvalue weighted by atomic mass is 9.94. The first-order valence-electron chi connectivity index (χ1n) is 6.21. The van der Waals surface area contributed by atoms with Gasteiger partial charge in [-0.15, -0.1) is 0 Å². The number of amides is 1. The summed E-state index contributed by atoms with van der Waals surface area (Å²) in [4.78, 5) is 11.8. The summed E-state index contributed by atoms with van der Waals surface area (Å²) < 4.78 is 0. The first kappa shape index (κ1) is 12.5. The van der Waals surface area contributed by atoms with Crippen molar-refractivity contribution in [1.82, 2.24) is 5.32 Å². The number of rotatable bonds is 4. The number of hydrogen-bond acceptors (Lipinski definition) is 2. The summed E-state index contributed by atoms with van der Waals surface area (Å²) >= 11 is 0. The molecule has 0 aliphatic heterocycles. The topological polar surface area (TPSA) is 55.1 Å². The van der Waals surface area contributed by atoms with Crippen molar-refractivity contribution in [2.45, 2.75) is 64.5 Å². The van der Waals surface area contributed by atoms with Crippen molar-refractivity contribution in [2.24, 2.45) is 11.7 Å². The standard InChI is InChI=1S/C12H24N2O/c1-3-9(2)11(13)12(15)14-10-7-5-4-6-8-10/h9-11H,3-8,13H2,1-2H3,(H,14,15). The summed E-state index contributed by atoms with van der Waals surface area (Å²) in [7, 11) is 0. The Bertz CT molecular complexity index is 200. The van der Waals surface area contributed by atoms with Gasteiger partial charge in [0.1, 0.15) is 0 Å². The molecule has 0 saturated heterocycles. The van der Waals surface area contributed by atoms with Crippen molar-refractivity contribution in [3.63, 3.8) is 0 Å². The average molecular weight is 212 g/mol. The Hall–Kier alpha value is -0.570. The van der Waals surface area contributed by atoms with Gasteiger partial charge >= 0.3 is 0 Å². The van der Waals surface area contributed by atoms with Gasteiger partial charge in [0.2, 0.25) is 5.91 Å². The van der Waals surface area contributed by atoms with E-state index in [9.17, 15) is 4.79 Å². The number of nitrogens with one attached hydrogen (secondary N) is 1. The minimum absolute atomic E-state index is 0.0382. The third kappa shape index (κ3) is 3.82. The molecule has 2 unspecified atom stereocenters. The van der Waals surface area contributed by atoms with Gasteiger partial charge in [0, 0.05) is 6.04 Å². The molecule has 0 aromatic heterocycles. The zero-order valence-electron chi connectivity index (χ0n) is 9.96. The average Bonchev–Trinajstić information content (AvgIpc) is 2.28. The number of carbonyl (C=O) groups is 1. The molecule has 1 fully saturated rings. The van der Waals surface area contributed by atoms with Gasteiger partial charge < -0.3 is 11.1 Å². The van der Waals surface area contributed by atoms with E-state index in [0.29, 0.717) is 6.04 Å². The third-order valence-corrected chi connectivity index (χ3v) is 3.51. The van der Waals surface area contributed by atoms with E-state index >= 15 is 0 Å². The molecule has 88 valence electrons. The van der Waals surface area contributed by atoms with Gasteiger partial charge in [-0.25, -0.2) is 0 Å². The zero-order valence-corrected chi connectivity index (χ0v) is 9.96. The van der Waals surface area contributed by atoms with Crippen molar-refractivity contribution in [2.75, 3.05) is 0 Å². The quantitative estimate of drug-likeness (QED) is 0.746. The van der Waals surface area contributed by atoms with Crippen molar-refractivity contribution in [3.8, 4) is 0 Å². The van der Waals surface area contributed by atoms with Crippen LogP contribution < -0.4 is 11.1 Å². The molecule has 3 N–H and O–H groups in total. The maximum Gasteiger partial charge on any atom is 0.237 e. The highest BCUT2D eigenvalue weighted by atomic mass is 16.2. The molecule has 0 aromatic carbocycles. The molecular formula is C12H24N2O. The van der Waals surface area contributed by atoms with Gasteiger partial charge in [0.15, 0.2) is 0 Å². The zero-order chi connectivity index (χ0) is 11.3. The highest BCUT2D eigenvalue weighted by Gasteiger charge is 2.22. The number of carbonyl (C=O) groups excluding carboxylic acids is 1. The maximum absolute atomic E-state index is 11.8. The third-order valence-electron chi connectivity index (χ3n) is 3.51. The van der Waals surface area contributed by atoms with Crippen molar-refractivity contribution < 1.29 is 4.79 Å². The van der Waals surface area contributed by atoms with Gasteiger partial charge in [-0.2, -0.15) is 0 Å². The molecule has 1 aliphatic rings. The highest BCUT2D eigenvalue weighted by Crippen LogP contribution is 2.17. The predicted molar refractivity (Wildman–Crippen MR) is 62.4 cm³/mol. The summed E-state index contributed by atoms with van der Waals surface area (Å²) in [5.41, 5.74) is 5.88. The van der Waals surface area contributed by atoms with Gasteiger partial charge in [-0.1, -0.05) is 39.5 Å². The summed E-state index contributed by atoms with van der Waals surface area (Å²) in [6.07, 6.45) is 6.99. The van der Waals surface area contributed by atoms with Crippen LogP contribution in [-0.2, 0) is 4.79 Å². The Labute approximate surface area is 92.8 Å². The van der Waals surface area contributed by atoms with E-state index in [1.54, 1.807) is 0 Å². The van der Waals surface area contributed by atoms with Gasteiger partial charge in [0.05, 0.1) is 6.04 Å². The van der Waals surface area contributed by atoms with E-state index in [4.69, 9.17) is 5.73 Å². The summed E-state index contributed by atoms with van der Waals surface area (Å²) in [6.45, 7) is 4.10. The molecule has 0 aromatic rings. The van der Waals surface area contributed by atoms with Crippen molar-refractivity contribution >= 4 is 5.91 Å². The summed E-state index contributed by atoms with van der Waals surface area (Å²) in [5.74, 6) is 0.310. The lowest BCUT2D eigenvalue weighted by molar-refractivity contribution is -0.124. The summed E-state index contributed by atoms with van der Waals surface area (Å²) in [5, 5.41) is 3.07. The molecule has 1 saturated carbocycles. The highest BCUT2D eigenvalue weighted by molar-refractivity contribution is 5.82. The molecule has 15 heavy (non-hydrogen) atoms. The second kappa shape index (κ2) is 6.11. The second-order valence-corrected chi connectivity index (χ2v) is 4.75. The molecule has 0 spiro atoms. The van der Waals surface area contributed by atoms with Crippen LogP contribution in [0.15, 0.2) is 0 Å². The molecular weight excluding hydrogens is 188 g/mol. The molecule has 0 radical (unpaired) electrons. The second-order valence-electron chi connectivity index (χ2n) is 4.75. The van der Waals surface area contributed by atoms with E-state index in [-0.39, 0.29) is 17.9 Å². The molecule has 1 rings (SSSR count). The molecule has 3 nitrogen and oxygen atoms in total. The lowest BCUT2D eigenvalue weighted by Crippen LogP contribution is -2.48.